The first-order chi connectivity index (χ1) is 8.60. The zero-order valence-electron chi connectivity index (χ0n) is 12.4. The minimum absolute atomic E-state index is 0. The van der Waals surface area contributed by atoms with Crippen LogP contribution in [0.3, 0.4) is 0 Å². The number of unbranched alkanes of at least 4 members (excludes halogenated alkanes) is 1. The molecule has 0 spiro atoms. The summed E-state index contributed by atoms with van der Waals surface area (Å²) in [5.41, 5.74) is 8.13. The van der Waals surface area contributed by atoms with Crippen LogP contribution in [0.1, 0.15) is 39.4 Å². The summed E-state index contributed by atoms with van der Waals surface area (Å²) in [6, 6.07) is 8.34. The van der Waals surface area contributed by atoms with Crippen molar-refractivity contribution in [2.45, 2.75) is 45.6 Å². The number of hydrogen-bond donors (Lipinski definition) is 1. The van der Waals surface area contributed by atoms with Crippen LogP contribution in [0.4, 0.5) is 0 Å². The second-order valence-electron chi connectivity index (χ2n) is 5.52. The molecule has 2 N–H and O–H groups in total. The minimum atomic E-state index is -0.0766. The summed E-state index contributed by atoms with van der Waals surface area (Å²) in [6.07, 6.45) is 2.36. The maximum absolute atomic E-state index is 5.90. The predicted octanol–water partition coefficient (Wildman–Crippen LogP) is 3.92. The van der Waals surface area contributed by atoms with E-state index in [1.807, 2.05) is 6.07 Å². The van der Waals surface area contributed by atoms with Crippen molar-refractivity contribution < 1.29 is 0 Å². The number of nitrogens with two attached hydrogens (primary N) is 1. The summed E-state index contributed by atoms with van der Waals surface area (Å²) in [4.78, 5) is 4.79. The number of halogens is 2. The van der Waals surface area contributed by atoms with Gasteiger partial charge in [-0.05, 0) is 18.6 Å². The zero-order valence-corrected chi connectivity index (χ0v) is 14.1. The molecule has 1 aromatic carbocycles. The Balaban J connectivity index is 0.00000180. The highest BCUT2D eigenvalue weighted by Gasteiger charge is 2.25. The van der Waals surface area contributed by atoms with E-state index in [9.17, 15) is 0 Å². The Hall–Kier alpha value is -0.770. The molecule has 1 heterocycles. The quantitative estimate of drug-likeness (QED) is 0.908. The first kappa shape index (κ1) is 19.2. The molecule has 114 valence electrons. The SMILES string of the molecule is CCCCn1c(C(C)(C)CN)nc2ccccc21.Cl.Cl. The molecule has 0 amide bonds. The van der Waals surface area contributed by atoms with E-state index in [0.717, 1.165) is 17.9 Å². The Kier molecular flexibility index (Phi) is 7.56. The van der Waals surface area contributed by atoms with Crippen LogP contribution in [-0.2, 0) is 12.0 Å². The lowest BCUT2D eigenvalue weighted by atomic mass is 9.92. The molecule has 3 nitrogen and oxygen atoms in total. The summed E-state index contributed by atoms with van der Waals surface area (Å²) >= 11 is 0. The van der Waals surface area contributed by atoms with Gasteiger partial charge >= 0.3 is 0 Å². The molecule has 0 fully saturated rings. The summed E-state index contributed by atoms with van der Waals surface area (Å²) in [5, 5.41) is 0. The first-order valence-electron chi connectivity index (χ1n) is 6.76. The van der Waals surface area contributed by atoms with E-state index in [0.29, 0.717) is 6.54 Å². The number of rotatable bonds is 5. The van der Waals surface area contributed by atoms with Gasteiger partial charge in [0, 0.05) is 18.5 Å². The molecule has 0 bridgehead atoms. The molecule has 0 radical (unpaired) electrons. The van der Waals surface area contributed by atoms with E-state index in [1.54, 1.807) is 0 Å². The average molecular weight is 318 g/mol. The van der Waals surface area contributed by atoms with Crippen molar-refractivity contribution in [3.8, 4) is 0 Å². The third kappa shape index (κ3) is 3.66. The summed E-state index contributed by atoms with van der Waals surface area (Å²) < 4.78 is 2.34. The number of hydrogen-bond acceptors (Lipinski definition) is 2. The number of aryl methyl sites for hydroxylation is 1. The monoisotopic (exact) mass is 317 g/mol. The van der Waals surface area contributed by atoms with E-state index in [1.165, 1.54) is 18.4 Å². The number of benzene rings is 1. The van der Waals surface area contributed by atoms with Gasteiger partial charge < -0.3 is 10.3 Å². The van der Waals surface area contributed by atoms with Gasteiger partial charge in [-0.1, -0.05) is 39.3 Å². The largest absolute Gasteiger partial charge is 0.329 e. The normalized spacial score (nSPS) is 11.0. The minimum Gasteiger partial charge on any atom is -0.329 e. The number of aromatic nitrogens is 2. The van der Waals surface area contributed by atoms with Gasteiger partial charge in [0.2, 0.25) is 0 Å². The molecule has 20 heavy (non-hydrogen) atoms. The number of imidazole rings is 1. The van der Waals surface area contributed by atoms with Gasteiger partial charge in [0.05, 0.1) is 11.0 Å². The molecule has 1 aromatic heterocycles. The van der Waals surface area contributed by atoms with Gasteiger partial charge in [-0.25, -0.2) is 4.98 Å². The van der Waals surface area contributed by atoms with Crippen LogP contribution in [0.15, 0.2) is 24.3 Å². The number of para-hydroxylation sites is 2. The number of nitrogens with zero attached hydrogens (tertiary/aromatic N) is 2. The van der Waals surface area contributed by atoms with Crippen molar-refractivity contribution in [1.82, 2.24) is 9.55 Å². The maximum Gasteiger partial charge on any atom is 0.116 e. The highest BCUT2D eigenvalue weighted by molar-refractivity contribution is 5.85. The fourth-order valence-electron chi connectivity index (χ4n) is 2.23. The van der Waals surface area contributed by atoms with E-state index >= 15 is 0 Å². The lowest BCUT2D eigenvalue weighted by Crippen LogP contribution is -2.31. The third-order valence-electron chi connectivity index (χ3n) is 3.51. The highest BCUT2D eigenvalue weighted by Crippen LogP contribution is 2.26. The molecule has 0 aliphatic rings. The van der Waals surface area contributed by atoms with Gasteiger partial charge in [-0.15, -0.1) is 24.8 Å². The lowest BCUT2D eigenvalue weighted by Gasteiger charge is -2.23. The van der Waals surface area contributed by atoms with Crippen molar-refractivity contribution in [2.75, 3.05) is 6.54 Å². The standard InChI is InChI=1S/C15H23N3.2ClH/c1-4-5-10-18-13-9-7-6-8-12(13)17-14(18)15(2,3)11-16;;/h6-9H,4-5,10-11,16H2,1-3H3;2*1H. The molecule has 0 aliphatic heterocycles. The fourth-order valence-corrected chi connectivity index (χ4v) is 2.23. The summed E-state index contributed by atoms with van der Waals surface area (Å²) in [5.74, 6) is 1.11. The van der Waals surface area contributed by atoms with E-state index < -0.39 is 0 Å². The second kappa shape index (κ2) is 7.87. The van der Waals surface area contributed by atoms with Crippen LogP contribution in [0.2, 0.25) is 0 Å². The Morgan fingerprint density at radius 2 is 1.85 bits per heavy atom. The van der Waals surface area contributed by atoms with Gasteiger partial charge in [0.25, 0.3) is 0 Å². The third-order valence-corrected chi connectivity index (χ3v) is 3.51. The zero-order chi connectivity index (χ0) is 13.2. The first-order valence-corrected chi connectivity index (χ1v) is 6.76. The fraction of sp³-hybridized carbons (Fsp3) is 0.533. The molecule has 0 aliphatic carbocycles. The smallest absolute Gasteiger partial charge is 0.116 e. The van der Waals surface area contributed by atoms with Gasteiger partial charge in [-0.2, -0.15) is 0 Å². The van der Waals surface area contributed by atoms with Crippen molar-refractivity contribution >= 4 is 35.8 Å². The molecular weight excluding hydrogens is 293 g/mol. The number of fused-ring (bicyclic) bond motifs is 1. The summed E-state index contributed by atoms with van der Waals surface area (Å²) in [7, 11) is 0. The summed E-state index contributed by atoms with van der Waals surface area (Å²) in [6.45, 7) is 8.18. The molecule has 0 saturated heterocycles. The Morgan fingerprint density at radius 1 is 1.20 bits per heavy atom. The van der Waals surface area contributed by atoms with Crippen molar-refractivity contribution in [1.29, 1.82) is 0 Å². The van der Waals surface area contributed by atoms with E-state index in [2.05, 4.69) is 43.5 Å². The van der Waals surface area contributed by atoms with Crippen LogP contribution < -0.4 is 5.73 Å². The predicted molar refractivity (Wildman–Crippen MR) is 91.2 cm³/mol. The average Bonchev–Trinajstić information content (AvgIpc) is 2.76. The van der Waals surface area contributed by atoms with Gasteiger partial charge in [0.1, 0.15) is 5.82 Å². The molecular formula is C15H25Cl2N3. The van der Waals surface area contributed by atoms with Crippen LogP contribution in [0.25, 0.3) is 11.0 Å². The molecule has 0 saturated carbocycles. The molecule has 0 unspecified atom stereocenters. The maximum atomic E-state index is 5.90. The van der Waals surface area contributed by atoms with E-state index in [-0.39, 0.29) is 30.2 Å². The van der Waals surface area contributed by atoms with Crippen molar-refractivity contribution in [3.05, 3.63) is 30.1 Å². The van der Waals surface area contributed by atoms with Crippen LogP contribution in [0, 0.1) is 0 Å². The molecule has 0 atom stereocenters. The van der Waals surface area contributed by atoms with Crippen molar-refractivity contribution in [3.63, 3.8) is 0 Å². The van der Waals surface area contributed by atoms with Crippen LogP contribution >= 0.6 is 24.8 Å². The van der Waals surface area contributed by atoms with Crippen LogP contribution in [-0.4, -0.2) is 16.1 Å². The van der Waals surface area contributed by atoms with Gasteiger partial charge in [-0.3, -0.25) is 0 Å². The molecule has 5 heteroatoms. The Labute approximate surface area is 133 Å². The lowest BCUT2D eigenvalue weighted by molar-refractivity contribution is 0.465. The van der Waals surface area contributed by atoms with Gasteiger partial charge in [0.15, 0.2) is 0 Å². The Bertz CT molecular complexity index is 535. The Morgan fingerprint density at radius 3 is 2.45 bits per heavy atom. The molecule has 2 rings (SSSR count). The second-order valence-corrected chi connectivity index (χ2v) is 5.52. The van der Waals surface area contributed by atoms with Crippen LogP contribution in [0.5, 0.6) is 0 Å². The topological polar surface area (TPSA) is 43.8 Å². The van der Waals surface area contributed by atoms with Crippen molar-refractivity contribution in [2.24, 2.45) is 5.73 Å². The molecule has 2 aromatic rings. The van der Waals surface area contributed by atoms with E-state index in [4.69, 9.17) is 10.7 Å². The highest BCUT2D eigenvalue weighted by atomic mass is 35.5.